The van der Waals surface area contributed by atoms with E-state index in [1.54, 1.807) is 38.1 Å². The summed E-state index contributed by atoms with van der Waals surface area (Å²) >= 11 is 6.15. The first-order valence-electron chi connectivity index (χ1n) is 6.01. The molecule has 1 amide bonds. The Morgan fingerprint density at radius 3 is 2.40 bits per heavy atom. The Balaban J connectivity index is 2.90. The van der Waals surface area contributed by atoms with E-state index in [0.29, 0.717) is 11.3 Å². The largest absolute Gasteiger partial charge is 0.496 e. The van der Waals surface area contributed by atoms with Gasteiger partial charge in [0.15, 0.2) is 0 Å². The summed E-state index contributed by atoms with van der Waals surface area (Å²) in [4.78, 5) is 23.7. The van der Waals surface area contributed by atoms with Crippen LogP contribution in [-0.2, 0) is 14.3 Å². The van der Waals surface area contributed by atoms with Crippen LogP contribution in [-0.4, -0.2) is 31.6 Å². The lowest BCUT2D eigenvalue weighted by molar-refractivity contribution is -0.149. The molecule has 1 unspecified atom stereocenters. The highest BCUT2D eigenvalue weighted by Crippen LogP contribution is 2.30. The summed E-state index contributed by atoms with van der Waals surface area (Å²) in [5.41, 5.74) is -0.615. The smallest absolute Gasteiger partial charge is 0.330 e. The number of halogens is 1. The van der Waals surface area contributed by atoms with Gasteiger partial charge < -0.3 is 14.8 Å². The van der Waals surface area contributed by atoms with Crippen LogP contribution < -0.4 is 10.1 Å². The molecular weight excluding hydrogens is 282 g/mol. The highest BCUT2D eigenvalue weighted by atomic mass is 35.5. The zero-order chi connectivity index (χ0) is 15.3. The molecule has 0 radical (unpaired) electrons. The minimum absolute atomic E-state index is 0.494. The van der Waals surface area contributed by atoms with Crippen LogP contribution in [0.3, 0.4) is 0 Å². The summed E-state index contributed by atoms with van der Waals surface area (Å²) in [6, 6.07) is 6.94. The third-order valence-electron chi connectivity index (χ3n) is 2.77. The van der Waals surface area contributed by atoms with E-state index in [2.05, 4.69) is 10.1 Å². The van der Waals surface area contributed by atoms with Crippen LogP contribution in [0.5, 0.6) is 5.75 Å². The maximum atomic E-state index is 12.1. The number of amides is 1. The number of para-hydroxylation sites is 1. The van der Waals surface area contributed by atoms with Crippen molar-refractivity contribution in [3.63, 3.8) is 0 Å². The molecule has 1 N–H and O–H groups in total. The highest BCUT2D eigenvalue weighted by Gasteiger charge is 2.33. The second-order valence-corrected chi connectivity index (χ2v) is 5.15. The molecule has 0 aliphatic carbocycles. The summed E-state index contributed by atoms with van der Waals surface area (Å²) in [5, 5.41) is 1.59. The van der Waals surface area contributed by atoms with Gasteiger partial charge in [-0.25, -0.2) is 4.79 Å². The fraction of sp³-hybridized carbons (Fsp3) is 0.429. The third kappa shape index (κ3) is 3.63. The van der Waals surface area contributed by atoms with Gasteiger partial charge in [0, 0.05) is 5.56 Å². The maximum absolute atomic E-state index is 12.1. The normalized spacial score (nSPS) is 12.4. The van der Waals surface area contributed by atoms with Crippen molar-refractivity contribution in [3.05, 3.63) is 29.8 Å². The quantitative estimate of drug-likeness (QED) is 0.667. The van der Waals surface area contributed by atoms with Gasteiger partial charge in [0.1, 0.15) is 16.7 Å². The minimum atomic E-state index is -1.15. The van der Waals surface area contributed by atoms with Crippen molar-refractivity contribution in [2.24, 2.45) is 0 Å². The Hall–Kier alpha value is -1.75. The number of ether oxygens (including phenoxy) is 2. The van der Waals surface area contributed by atoms with Crippen LogP contribution in [0.4, 0.5) is 0 Å². The van der Waals surface area contributed by atoms with Gasteiger partial charge in [0.2, 0.25) is 5.91 Å². The van der Waals surface area contributed by atoms with Gasteiger partial charge in [-0.15, -0.1) is 11.6 Å². The van der Waals surface area contributed by atoms with E-state index in [0.717, 1.165) is 0 Å². The number of nitrogens with one attached hydrogen (secondary N) is 1. The second-order valence-electron chi connectivity index (χ2n) is 4.71. The molecule has 1 atom stereocenters. The first-order chi connectivity index (χ1) is 9.33. The Morgan fingerprint density at radius 2 is 1.85 bits per heavy atom. The van der Waals surface area contributed by atoms with Crippen LogP contribution in [0.25, 0.3) is 0 Å². The molecule has 0 saturated carbocycles. The SMILES string of the molecule is COC(=O)C(C)(C)NC(=O)C(Cl)c1ccccc1OC. The summed E-state index contributed by atoms with van der Waals surface area (Å²) in [5.74, 6) is -0.528. The van der Waals surface area contributed by atoms with Gasteiger partial charge in [-0.05, 0) is 19.9 Å². The van der Waals surface area contributed by atoms with Crippen LogP contribution in [0.1, 0.15) is 24.8 Å². The number of methoxy groups -OCH3 is 2. The van der Waals surface area contributed by atoms with E-state index < -0.39 is 22.8 Å². The number of carbonyl (C=O) groups excluding carboxylic acids is 2. The molecule has 1 aromatic carbocycles. The molecular formula is C14H18ClNO4. The van der Waals surface area contributed by atoms with Crippen LogP contribution >= 0.6 is 11.6 Å². The lowest BCUT2D eigenvalue weighted by Crippen LogP contribution is -2.51. The molecule has 0 aliphatic rings. The molecule has 0 heterocycles. The Morgan fingerprint density at radius 1 is 1.25 bits per heavy atom. The molecule has 5 nitrogen and oxygen atoms in total. The number of esters is 1. The zero-order valence-corrected chi connectivity index (χ0v) is 12.7. The fourth-order valence-electron chi connectivity index (χ4n) is 1.69. The van der Waals surface area contributed by atoms with E-state index in [4.69, 9.17) is 16.3 Å². The van der Waals surface area contributed by atoms with Crippen molar-refractivity contribution in [1.82, 2.24) is 5.32 Å². The average Bonchev–Trinajstić information content (AvgIpc) is 2.44. The van der Waals surface area contributed by atoms with E-state index in [1.807, 2.05) is 0 Å². The summed E-state index contributed by atoms with van der Waals surface area (Å²) < 4.78 is 9.78. The molecule has 6 heteroatoms. The molecule has 0 saturated heterocycles. The predicted octanol–water partition coefficient (Wildman–Crippen LogP) is 2.04. The lowest BCUT2D eigenvalue weighted by atomic mass is 10.0. The van der Waals surface area contributed by atoms with Crippen LogP contribution in [0, 0.1) is 0 Å². The van der Waals surface area contributed by atoms with E-state index in [1.165, 1.54) is 14.2 Å². The van der Waals surface area contributed by atoms with Gasteiger partial charge >= 0.3 is 5.97 Å². The first-order valence-corrected chi connectivity index (χ1v) is 6.44. The second kappa shape index (κ2) is 6.61. The fourth-order valence-corrected chi connectivity index (χ4v) is 1.93. The lowest BCUT2D eigenvalue weighted by Gasteiger charge is -2.24. The van der Waals surface area contributed by atoms with Gasteiger partial charge in [-0.1, -0.05) is 18.2 Å². The standard InChI is InChI=1S/C14H18ClNO4/c1-14(2,13(18)20-4)16-12(17)11(15)9-7-5-6-8-10(9)19-3/h5-8,11H,1-4H3,(H,16,17). The van der Waals surface area contributed by atoms with E-state index in [9.17, 15) is 9.59 Å². The molecule has 0 spiro atoms. The number of benzene rings is 1. The Labute approximate surface area is 123 Å². The van der Waals surface area contributed by atoms with Gasteiger partial charge in [-0.3, -0.25) is 4.79 Å². The topological polar surface area (TPSA) is 64.6 Å². The average molecular weight is 300 g/mol. The zero-order valence-electron chi connectivity index (χ0n) is 11.9. The van der Waals surface area contributed by atoms with Crippen molar-refractivity contribution in [1.29, 1.82) is 0 Å². The number of hydrogen-bond acceptors (Lipinski definition) is 4. The number of hydrogen-bond donors (Lipinski definition) is 1. The molecule has 0 aromatic heterocycles. The molecule has 0 aliphatic heterocycles. The molecule has 20 heavy (non-hydrogen) atoms. The van der Waals surface area contributed by atoms with E-state index >= 15 is 0 Å². The summed E-state index contributed by atoms with van der Waals surface area (Å²) in [7, 11) is 2.76. The van der Waals surface area contributed by atoms with Gasteiger partial charge in [-0.2, -0.15) is 0 Å². The first kappa shape index (κ1) is 16.3. The van der Waals surface area contributed by atoms with Crippen molar-refractivity contribution in [2.45, 2.75) is 24.8 Å². The Bertz CT molecular complexity index is 502. The van der Waals surface area contributed by atoms with Gasteiger partial charge in [0.25, 0.3) is 0 Å². The molecule has 1 aromatic rings. The van der Waals surface area contributed by atoms with Crippen molar-refractivity contribution in [2.75, 3.05) is 14.2 Å². The predicted molar refractivity (Wildman–Crippen MR) is 75.8 cm³/mol. The summed E-state index contributed by atoms with van der Waals surface area (Å²) in [6.45, 7) is 3.09. The number of carbonyl (C=O) groups is 2. The summed E-state index contributed by atoms with van der Waals surface area (Å²) in [6.07, 6.45) is 0. The van der Waals surface area contributed by atoms with Crippen molar-refractivity contribution in [3.8, 4) is 5.75 Å². The van der Waals surface area contributed by atoms with Crippen LogP contribution in [0.15, 0.2) is 24.3 Å². The third-order valence-corrected chi connectivity index (χ3v) is 3.21. The minimum Gasteiger partial charge on any atom is -0.496 e. The molecule has 0 bridgehead atoms. The van der Waals surface area contributed by atoms with E-state index in [-0.39, 0.29) is 0 Å². The number of rotatable bonds is 5. The maximum Gasteiger partial charge on any atom is 0.330 e. The van der Waals surface area contributed by atoms with Crippen molar-refractivity contribution >= 4 is 23.5 Å². The Kier molecular flexibility index (Phi) is 5.39. The van der Waals surface area contributed by atoms with Gasteiger partial charge in [0.05, 0.1) is 14.2 Å². The molecule has 110 valence electrons. The molecule has 1 rings (SSSR count). The monoisotopic (exact) mass is 299 g/mol. The number of alkyl halides is 1. The highest BCUT2D eigenvalue weighted by molar-refractivity contribution is 6.31. The van der Waals surface area contributed by atoms with Crippen molar-refractivity contribution < 1.29 is 19.1 Å². The van der Waals surface area contributed by atoms with Crippen LogP contribution in [0.2, 0.25) is 0 Å². The molecule has 0 fully saturated rings.